The van der Waals surface area contributed by atoms with E-state index in [0.717, 1.165) is 57.5 Å². The van der Waals surface area contributed by atoms with Crippen molar-refractivity contribution in [3.63, 3.8) is 0 Å². The van der Waals surface area contributed by atoms with Gasteiger partial charge in [0.25, 0.3) is 0 Å². The third kappa shape index (κ3) is 4.67. The van der Waals surface area contributed by atoms with E-state index in [2.05, 4.69) is 33.9 Å². The molecule has 6 heteroatoms. The second kappa shape index (κ2) is 8.71. The monoisotopic (exact) mass is 360 g/mol. The number of hydrogen-bond donors (Lipinski definition) is 1. The molecule has 1 amide bonds. The number of pyridine rings is 1. The number of hydrogen-bond acceptors (Lipinski definition) is 5. The highest BCUT2D eigenvalue weighted by Crippen LogP contribution is 2.28. The Morgan fingerprint density at radius 1 is 1.15 bits per heavy atom. The standard InChI is InChI=1S/C20H32N4O2/c1-15(2)23-10-12-24(13-11-23)20(25)16-4-6-17(7-5-16)22-18-8-9-19(26-3)21-14-18/h8-9,14-17,22H,4-7,10-13H2,1-3H3. The van der Waals surface area contributed by atoms with Gasteiger partial charge >= 0.3 is 0 Å². The van der Waals surface area contributed by atoms with Crippen LogP contribution in [0.2, 0.25) is 0 Å². The number of rotatable bonds is 5. The summed E-state index contributed by atoms with van der Waals surface area (Å²) in [6, 6.07) is 4.86. The number of piperazine rings is 1. The van der Waals surface area contributed by atoms with Gasteiger partial charge in [0.2, 0.25) is 11.8 Å². The van der Waals surface area contributed by atoms with Gasteiger partial charge in [-0.05, 0) is 45.6 Å². The number of nitrogens with one attached hydrogen (secondary N) is 1. The maximum absolute atomic E-state index is 12.8. The summed E-state index contributed by atoms with van der Waals surface area (Å²) in [7, 11) is 1.62. The van der Waals surface area contributed by atoms with Crippen LogP contribution < -0.4 is 10.1 Å². The minimum atomic E-state index is 0.202. The van der Waals surface area contributed by atoms with E-state index in [1.807, 2.05) is 18.3 Å². The molecule has 1 aliphatic carbocycles. The van der Waals surface area contributed by atoms with Crippen LogP contribution in [-0.2, 0) is 4.79 Å². The van der Waals surface area contributed by atoms with Crippen LogP contribution in [0, 0.1) is 5.92 Å². The molecule has 0 spiro atoms. The normalized spacial score (nSPS) is 24.5. The summed E-state index contributed by atoms with van der Waals surface area (Å²) in [6.45, 7) is 8.23. The fourth-order valence-electron chi connectivity index (χ4n) is 4.02. The van der Waals surface area contributed by atoms with Gasteiger partial charge in [-0.3, -0.25) is 9.69 Å². The van der Waals surface area contributed by atoms with Gasteiger partial charge in [0.1, 0.15) is 0 Å². The summed E-state index contributed by atoms with van der Waals surface area (Å²) in [4.78, 5) is 21.6. The summed E-state index contributed by atoms with van der Waals surface area (Å²) in [6.07, 6.45) is 5.84. The maximum Gasteiger partial charge on any atom is 0.225 e. The Kier molecular flexibility index (Phi) is 6.35. The van der Waals surface area contributed by atoms with Gasteiger partial charge in [0.05, 0.1) is 19.0 Å². The van der Waals surface area contributed by atoms with Crippen molar-refractivity contribution in [2.75, 3.05) is 38.6 Å². The predicted molar refractivity (Wildman–Crippen MR) is 103 cm³/mol. The first-order valence-electron chi connectivity index (χ1n) is 9.86. The Labute approximate surface area is 156 Å². The number of carbonyl (C=O) groups excluding carboxylic acids is 1. The van der Waals surface area contributed by atoms with E-state index >= 15 is 0 Å². The second-order valence-corrected chi connectivity index (χ2v) is 7.74. The Bertz CT molecular complexity index is 574. The minimum absolute atomic E-state index is 0.202. The molecule has 1 N–H and O–H groups in total. The average Bonchev–Trinajstić information content (AvgIpc) is 2.69. The smallest absolute Gasteiger partial charge is 0.225 e. The highest BCUT2D eigenvalue weighted by atomic mass is 16.5. The predicted octanol–water partition coefficient (Wildman–Crippen LogP) is 2.61. The van der Waals surface area contributed by atoms with Crippen LogP contribution in [0.4, 0.5) is 5.69 Å². The van der Waals surface area contributed by atoms with Crippen LogP contribution in [0.5, 0.6) is 5.88 Å². The largest absolute Gasteiger partial charge is 0.481 e. The molecule has 1 saturated carbocycles. The Balaban J connectivity index is 1.43. The number of amides is 1. The van der Waals surface area contributed by atoms with Crippen molar-refractivity contribution >= 4 is 11.6 Å². The summed E-state index contributed by atoms with van der Waals surface area (Å²) < 4.78 is 5.09. The Morgan fingerprint density at radius 2 is 1.85 bits per heavy atom. The Hall–Kier alpha value is -1.82. The topological polar surface area (TPSA) is 57.7 Å². The van der Waals surface area contributed by atoms with E-state index in [-0.39, 0.29) is 5.92 Å². The summed E-state index contributed by atoms with van der Waals surface area (Å²) in [5, 5.41) is 3.54. The summed E-state index contributed by atoms with van der Waals surface area (Å²) in [5.74, 6) is 1.20. The average molecular weight is 361 g/mol. The number of methoxy groups -OCH3 is 1. The van der Waals surface area contributed by atoms with Gasteiger partial charge in [-0.25, -0.2) is 4.98 Å². The van der Waals surface area contributed by atoms with Crippen LogP contribution in [0.3, 0.4) is 0 Å². The Morgan fingerprint density at radius 3 is 2.38 bits per heavy atom. The van der Waals surface area contributed by atoms with Crippen LogP contribution in [0.25, 0.3) is 0 Å². The van der Waals surface area contributed by atoms with Crippen molar-refractivity contribution < 1.29 is 9.53 Å². The van der Waals surface area contributed by atoms with Crippen molar-refractivity contribution in [3.8, 4) is 5.88 Å². The number of ether oxygens (including phenoxy) is 1. The second-order valence-electron chi connectivity index (χ2n) is 7.74. The van der Waals surface area contributed by atoms with Crippen molar-refractivity contribution in [2.24, 2.45) is 5.92 Å². The lowest BCUT2D eigenvalue weighted by atomic mass is 9.85. The van der Waals surface area contributed by atoms with E-state index in [0.29, 0.717) is 23.9 Å². The fraction of sp³-hybridized carbons (Fsp3) is 0.700. The fourth-order valence-corrected chi connectivity index (χ4v) is 4.02. The highest BCUT2D eigenvalue weighted by Gasteiger charge is 2.31. The third-order valence-corrected chi connectivity index (χ3v) is 5.75. The quantitative estimate of drug-likeness (QED) is 0.875. The lowest BCUT2D eigenvalue weighted by Crippen LogP contribution is -2.52. The van der Waals surface area contributed by atoms with Crippen molar-refractivity contribution in [1.29, 1.82) is 0 Å². The van der Waals surface area contributed by atoms with E-state index in [9.17, 15) is 4.79 Å². The molecule has 0 unspecified atom stereocenters. The molecule has 0 bridgehead atoms. The molecule has 0 radical (unpaired) electrons. The van der Waals surface area contributed by atoms with Gasteiger partial charge < -0.3 is 15.0 Å². The van der Waals surface area contributed by atoms with Crippen LogP contribution in [0.1, 0.15) is 39.5 Å². The van der Waals surface area contributed by atoms with Gasteiger partial charge in [-0.1, -0.05) is 0 Å². The van der Waals surface area contributed by atoms with Crippen LogP contribution >= 0.6 is 0 Å². The van der Waals surface area contributed by atoms with E-state index in [1.54, 1.807) is 7.11 Å². The molecule has 0 atom stereocenters. The van der Waals surface area contributed by atoms with Crippen LogP contribution in [-0.4, -0.2) is 66.1 Å². The van der Waals surface area contributed by atoms with Crippen molar-refractivity contribution in [2.45, 2.75) is 51.6 Å². The zero-order chi connectivity index (χ0) is 18.5. The molecule has 1 aliphatic heterocycles. The number of anilines is 1. The molecule has 144 valence electrons. The van der Waals surface area contributed by atoms with Gasteiger partial charge in [-0.15, -0.1) is 0 Å². The summed E-state index contributed by atoms with van der Waals surface area (Å²) >= 11 is 0. The molecule has 1 aromatic heterocycles. The lowest BCUT2D eigenvalue weighted by Gasteiger charge is -2.39. The summed E-state index contributed by atoms with van der Waals surface area (Å²) in [5.41, 5.74) is 1.02. The lowest BCUT2D eigenvalue weighted by molar-refractivity contribution is -0.138. The first-order valence-corrected chi connectivity index (χ1v) is 9.86. The highest BCUT2D eigenvalue weighted by molar-refractivity contribution is 5.79. The molecule has 3 rings (SSSR count). The number of nitrogens with zero attached hydrogens (tertiary/aromatic N) is 3. The van der Waals surface area contributed by atoms with E-state index in [4.69, 9.17) is 4.74 Å². The molecule has 2 heterocycles. The van der Waals surface area contributed by atoms with Crippen LogP contribution in [0.15, 0.2) is 18.3 Å². The molecule has 1 aromatic rings. The molecule has 0 aromatic carbocycles. The van der Waals surface area contributed by atoms with Gasteiger partial charge in [0, 0.05) is 50.2 Å². The van der Waals surface area contributed by atoms with E-state index in [1.165, 1.54) is 0 Å². The number of carbonyl (C=O) groups is 1. The van der Waals surface area contributed by atoms with E-state index < -0.39 is 0 Å². The molecule has 26 heavy (non-hydrogen) atoms. The molecular weight excluding hydrogens is 328 g/mol. The first-order chi connectivity index (χ1) is 12.6. The third-order valence-electron chi connectivity index (χ3n) is 5.75. The van der Waals surface area contributed by atoms with Crippen molar-refractivity contribution in [3.05, 3.63) is 18.3 Å². The van der Waals surface area contributed by atoms with Gasteiger partial charge in [0.15, 0.2) is 0 Å². The van der Waals surface area contributed by atoms with Crippen molar-refractivity contribution in [1.82, 2.24) is 14.8 Å². The molecule has 1 saturated heterocycles. The molecule has 2 aliphatic rings. The molecular formula is C20H32N4O2. The zero-order valence-electron chi connectivity index (χ0n) is 16.3. The minimum Gasteiger partial charge on any atom is -0.481 e. The molecule has 6 nitrogen and oxygen atoms in total. The maximum atomic E-state index is 12.8. The number of aromatic nitrogens is 1. The first kappa shape index (κ1) is 19.0. The van der Waals surface area contributed by atoms with Gasteiger partial charge in [-0.2, -0.15) is 0 Å². The zero-order valence-corrected chi connectivity index (χ0v) is 16.3. The SMILES string of the molecule is COc1ccc(NC2CCC(C(=O)N3CCN(C(C)C)CC3)CC2)cn1. The molecule has 2 fully saturated rings.